The lowest BCUT2D eigenvalue weighted by Gasteiger charge is -2.30. The van der Waals surface area contributed by atoms with Gasteiger partial charge in [0.25, 0.3) is 0 Å². The Morgan fingerprint density at radius 2 is 0.940 bits per heavy atom. The van der Waals surface area contributed by atoms with Gasteiger partial charge < -0.3 is 73.9 Å². The van der Waals surface area contributed by atoms with Crippen LogP contribution < -0.4 is 53.6 Å². The molecule has 9 amide bonds. The Labute approximate surface area is 490 Å². The Balaban J connectivity index is 2.02. The first-order valence-corrected chi connectivity index (χ1v) is 28.7. The molecule has 3 aromatic rings. The number of carbonyl (C=O) groups excluding carboxylic acids is 9. The Morgan fingerprint density at radius 3 is 1.46 bits per heavy atom. The van der Waals surface area contributed by atoms with Gasteiger partial charge in [-0.3, -0.25) is 47.9 Å². The van der Waals surface area contributed by atoms with Gasteiger partial charge in [0, 0.05) is 36.4 Å². The molecule has 0 saturated heterocycles. The largest absolute Gasteiger partial charge is 0.481 e. The van der Waals surface area contributed by atoms with Gasteiger partial charge in [0.2, 0.25) is 53.2 Å². The number of nitrogens with two attached hydrogens (primary N) is 1. The minimum Gasteiger partial charge on any atom is -0.481 e. The van der Waals surface area contributed by atoms with Crippen molar-refractivity contribution in [1.29, 1.82) is 0 Å². The summed E-state index contributed by atoms with van der Waals surface area (Å²) in [6.07, 6.45) is 0.679. The molecule has 0 aliphatic carbocycles. The molecule has 1 heterocycles. The van der Waals surface area contributed by atoms with Crippen LogP contribution in [-0.2, 0) is 65.6 Å². The lowest BCUT2D eigenvalue weighted by molar-refractivity contribution is -0.143. The summed E-state index contributed by atoms with van der Waals surface area (Å²) >= 11 is 0. The fraction of sp³-hybridized carbons (Fsp3) is 0.576. The topological polar surface area (TPSA) is 399 Å². The summed E-state index contributed by atoms with van der Waals surface area (Å²) in [5, 5.41) is 54.0. The zero-order chi connectivity index (χ0) is 63.0. The average molecular weight is 1180 g/mol. The first kappa shape index (κ1) is 70.3. The highest BCUT2D eigenvalue weighted by Crippen LogP contribution is 2.21. The molecule has 2 aromatic carbocycles. The molecular weight excluding hydrogens is 1090 g/mol. The van der Waals surface area contributed by atoms with Crippen LogP contribution in [0.1, 0.15) is 119 Å². The number of aliphatic hydroxyl groups excluding tert-OH is 1. The number of amides is 9. The fourth-order valence-electron chi connectivity index (χ4n) is 9.23. The third kappa shape index (κ3) is 23.0. The first-order valence-electron chi connectivity index (χ1n) is 28.7. The number of aliphatic carboxylic acids is 2. The van der Waals surface area contributed by atoms with Crippen LogP contribution in [0.5, 0.6) is 0 Å². The predicted molar refractivity (Wildman–Crippen MR) is 313 cm³/mol. The number of rotatable bonds is 36. The number of hydrogen-bond donors (Lipinski definition) is 14. The molecule has 84 heavy (non-hydrogen) atoms. The number of carboxylic acids is 2. The third-order valence-corrected chi connectivity index (χ3v) is 14.0. The van der Waals surface area contributed by atoms with Crippen LogP contribution in [0.2, 0.25) is 0 Å². The molecule has 1 aromatic heterocycles. The van der Waals surface area contributed by atoms with E-state index in [0.717, 1.165) is 0 Å². The van der Waals surface area contributed by atoms with E-state index in [4.69, 9.17) is 5.73 Å². The molecule has 0 radical (unpaired) electrons. The number of fused-ring (bicyclic) bond motifs is 1. The Morgan fingerprint density at radius 1 is 0.500 bits per heavy atom. The van der Waals surface area contributed by atoms with Crippen LogP contribution in [-0.4, -0.2) is 153 Å². The molecule has 0 aliphatic heterocycles. The molecule has 0 fully saturated rings. The minimum absolute atomic E-state index is 0.0520. The summed E-state index contributed by atoms with van der Waals surface area (Å²) in [6.45, 7) is 16.3. The van der Waals surface area contributed by atoms with Gasteiger partial charge in [0.05, 0.1) is 13.2 Å². The molecular formula is C59H89N11O14. The van der Waals surface area contributed by atoms with Crippen LogP contribution in [0.3, 0.4) is 0 Å². The highest BCUT2D eigenvalue weighted by atomic mass is 16.4. The lowest BCUT2D eigenvalue weighted by Crippen LogP contribution is -2.62. The van der Waals surface area contributed by atoms with Crippen molar-refractivity contribution in [1.82, 2.24) is 52.8 Å². The van der Waals surface area contributed by atoms with Crippen molar-refractivity contribution in [2.75, 3.05) is 13.2 Å². The van der Waals surface area contributed by atoms with Gasteiger partial charge in [0.1, 0.15) is 54.4 Å². The van der Waals surface area contributed by atoms with Crippen molar-refractivity contribution >= 4 is 76.0 Å². The van der Waals surface area contributed by atoms with Crippen LogP contribution in [0.4, 0.5) is 0 Å². The van der Waals surface area contributed by atoms with E-state index in [1.165, 1.54) is 0 Å². The van der Waals surface area contributed by atoms with Gasteiger partial charge in [-0.2, -0.15) is 0 Å². The van der Waals surface area contributed by atoms with E-state index in [-0.39, 0.29) is 62.8 Å². The zero-order valence-electron chi connectivity index (χ0n) is 49.8. The Hall–Kier alpha value is -7.93. The first-order chi connectivity index (χ1) is 39.6. The zero-order valence-corrected chi connectivity index (χ0v) is 49.8. The van der Waals surface area contributed by atoms with Gasteiger partial charge in [0.15, 0.2) is 0 Å². The molecule has 0 bridgehead atoms. The summed E-state index contributed by atoms with van der Waals surface area (Å²) < 4.78 is 0. The Bertz CT molecular complexity index is 2720. The van der Waals surface area contributed by atoms with Crippen molar-refractivity contribution in [2.45, 2.75) is 175 Å². The third-order valence-electron chi connectivity index (χ3n) is 14.0. The Kier molecular flexibility index (Phi) is 29.0. The smallest absolute Gasteiger partial charge is 0.326 e. The van der Waals surface area contributed by atoms with Crippen LogP contribution >= 0.6 is 0 Å². The normalized spacial score (nSPS) is 15.0. The number of carbonyl (C=O) groups is 11. The number of hydrogen-bond acceptors (Lipinski definition) is 13. The van der Waals surface area contributed by atoms with Crippen molar-refractivity contribution < 1.29 is 68.1 Å². The summed E-state index contributed by atoms with van der Waals surface area (Å²) in [5.41, 5.74) is 7.32. The molecule has 464 valence electrons. The number of aliphatic hydroxyl groups is 1. The van der Waals surface area contributed by atoms with E-state index in [9.17, 15) is 68.1 Å². The molecule has 25 nitrogen and oxygen atoms in total. The van der Waals surface area contributed by atoms with Crippen molar-refractivity contribution in [2.24, 2.45) is 35.3 Å². The monoisotopic (exact) mass is 1180 g/mol. The number of para-hydroxylation sites is 1. The lowest BCUT2D eigenvalue weighted by atomic mass is 9.96. The van der Waals surface area contributed by atoms with Crippen LogP contribution in [0.25, 0.3) is 10.9 Å². The maximum atomic E-state index is 14.8. The molecule has 0 spiro atoms. The van der Waals surface area contributed by atoms with E-state index in [0.29, 0.717) is 22.0 Å². The van der Waals surface area contributed by atoms with Gasteiger partial charge in [-0.1, -0.05) is 124 Å². The second-order valence-electron chi connectivity index (χ2n) is 22.9. The van der Waals surface area contributed by atoms with E-state index >= 15 is 0 Å². The van der Waals surface area contributed by atoms with Gasteiger partial charge in [-0.15, -0.1) is 0 Å². The van der Waals surface area contributed by atoms with Gasteiger partial charge in [-0.25, -0.2) is 4.79 Å². The second kappa shape index (κ2) is 34.6. The average Bonchev–Trinajstić information content (AvgIpc) is 4.03. The SMILES string of the molecule is CC[C@H](C)[C@H](NC(=O)[C@H](CCC(=O)O)NC(=O)[C@H](Cc1c[nH]c2ccccc12)NC(=O)[C@H](CC(C)C)NC(=O)[C@H](CC(C)C)NC(=O)[C@@H](NC(=O)CN)C(C)C)C(=O)N[C@@H](Cc1ccccc1)C(=O)N[C@@H](CO)C(=O)N[C@@H](CC(C)C)C(=O)O. The van der Waals surface area contributed by atoms with E-state index in [2.05, 4.69) is 52.8 Å². The minimum atomic E-state index is -1.65. The summed E-state index contributed by atoms with van der Waals surface area (Å²) in [4.78, 5) is 153. The van der Waals surface area contributed by atoms with Gasteiger partial charge in [-0.05, 0) is 72.5 Å². The molecule has 0 saturated carbocycles. The quantitative estimate of drug-likeness (QED) is 0.0387. The predicted octanol–water partition coefficient (Wildman–Crippen LogP) is 1.06. The second-order valence-corrected chi connectivity index (χ2v) is 22.9. The molecule has 0 aliphatic rings. The van der Waals surface area contributed by atoms with Gasteiger partial charge >= 0.3 is 11.9 Å². The van der Waals surface area contributed by atoms with Crippen LogP contribution in [0, 0.1) is 29.6 Å². The standard InChI is InChI=1S/C59H89N11O14/c1-11-35(10)50(58(82)66-43(26-36-17-13-12-14-18-36)54(78)68-46(30-71)56(80)67-45(59(83)84)25-33(6)7)70-51(75)40(21-22-48(73)74)62-55(79)44(27-37-29-61-39-20-16-15-19-38(37)39)64-52(76)41(23-31(2)3)63-53(77)42(24-32(4)5)65-57(81)49(34(8)9)69-47(72)28-60/h12-20,29,31-35,40-46,49-50,61,71H,11,21-28,30,60H2,1-10H3,(H,62,79)(H,63,77)(H,64,76)(H,65,81)(H,66,82)(H,67,80)(H,68,78)(H,69,72)(H,70,75)(H,73,74)(H,83,84)/t35-,40-,41-,42-,43-,44-,45-,46-,49-,50-/m0/s1. The molecule has 0 unspecified atom stereocenters. The number of carboxylic acid groups (broad SMARTS) is 2. The highest BCUT2D eigenvalue weighted by molar-refractivity contribution is 5.99. The van der Waals surface area contributed by atoms with Crippen molar-refractivity contribution in [3.8, 4) is 0 Å². The highest BCUT2D eigenvalue weighted by Gasteiger charge is 2.37. The molecule has 15 N–H and O–H groups in total. The van der Waals surface area contributed by atoms with Crippen LogP contribution in [0.15, 0.2) is 60.8 Å². The summed E-state index contributed by atoms with van der Waals surface area (Å²) in [5.74, 6) is -11.7. The fourth-order valence-corrected chi connectivity index (χ4v) is 9.23. The maximum absolute atomic E-state index is 14.8. The van der Waals surface area contributed by atoms with Crippen molar-refractivity contribution in [3.05, 3.63) is 71.9 Å². The number of aromatic amines is 1. The molecule has 3 rings (SSSR count). The number of benzene rings is 2. The summed E-state index contributed by atoms with van der Waals surface area (Å²) in [6, 6.07) is 3.10. The number of nitrogens with one attached hydrogen (secondary N) is 10. The number of aromatic nitrogens is 1. The number of H-pyrrole nitrogens is 1. The van der Waals surface area contributed by atoms with E-state index < -0.39 is 151 Å². The van der Waals surface area contributed by atoms with Crippen molar-refractivity contribution in [3.63, 3.8) is 0 Å². The molecule has 10 atom stereocenters. The van der Waals surface area contributed by atoms with E-state index in [1.807, 2.05) is 27.7 Å². The molecule has 25 heteroatoms. The summed E-state index contributed by atoms with van der Waals surface area (Å²) in [7, 11) is 0. The maximum Gasteiger partial charge on any atom is 0.326 e. The van der Waals surface area contributed by atoms with E-state index in [1.54, 1.807) is 102 Å².